The van der Waals surface area contributed by atoms with Gasteiger partial charge in [-0.25, -0.2) is 0 Å². The zero-order valence-electron chi connectivity index (χ0n) is 10.4. The minimum atomic E-state index is 0.347. The first-order chi connectivity index (χ1) is 9.01. The van der Waals surface area contributed by atoms with E-state index in [4.69, 9.17) is 39.5 Å². The molecule has 0 amide bonds. The number of nitrogen functional groups attached to an aromatic ring is 2. The third-order valence-electron chi connectivity index (χ3n) is 2.62. The van der Waals surface area contributed by atoms with Crippen molar-refractivity contribution in [3.8, 4) is 5.75 Å². The molecule has 0 radical (unpaired) electrons. The Morgan fingerprint density at radius 3 is 2.63 bits per heavy atom. The lowest BCUT2D eigenvalue weighted by Crippen LogP contribution is -2.27. The van der Waals surface area contributed by atoms with Crippen molar-refractivity contribution in [2.75, 3.05) is 18.1 Å². The van der Waals surface area contributed by atoms with E-state index in [1.165, 1.54) is 5.06 Å². The van der Waals surface area contributed by atoms with Gasteiger partial charge in [-0.3, -0.25) is 4.99 Å². The Morgan fingerprint density at radius 2 is 2.00 bits per heavy atom. The maximum Gasteiger partial charge on any atom is 0.176 e. The van der Waals surface area contributed by atoms with Gasteiger partial charge < -0.3 is 16.3 Å². The molecule has 0 aliphatic carbocycles. The van der Waals surface area contributed by atoms with Crippen LogP contribution in [0.5, 0.6) is 5.75 Å². The number of halogens is 2. The van der Waals surface area contributed by atoms with Crippen molar-refractivity contribution in [3.63, 3.8) is 0 Å². The summed E-state index contributed by atoms with van der Waals surface area (Å²) >= 11 is 12.1. The average Bonchev–Trinajstić information content (AvgIpc) is 2.36. The molecule has 1 heterocycles. The highest BCUT2D eigenvalue weighted by Gasteiger charge is 2.15. The van der Waals surface area contributed by atoms with Crippen molar-refractivity contribution >= 4 is 40.3 Å². The van der Waals surface area contributed by atoms with E-state index >= 15 is 0 Å². The smallest absolute Gasteiger partial charge is 0.176 e. The van der Waals surface area contributed by atoms with Crippen LogP contribution < -0.4 is 16.3 Å². The summed E-state index contributed by atoms with van der Waals surface area (Å²) in [7, 11) is 0. The molecule has 1 aliphatic heterocycles. The summed E-state index contributed by atoms with van der Waals surface area (Å²) in [6, 6.07) is 3.11. The number of aliphatic imine (C=N–C) groups is 1. The first kappa shape index (κ1) is 13.8. The third-order valence-corrected chi connectivity index (χ3v) is 3.23. The predicted octanol–water partition coefficient (Wildman–Crippen LogP) is 3.00. The predicted molar refractivity (Wildman–Crippen MR) is 79.3 cm³/mol. The number of nitrogens with zero attached hydrogens (tertiary/aromatic N) is 2. The SMILES string of the molecule is CCC1=NCN(Oc2cc(N)c(N)cc2Cl)C=C1Cl. The molecular formula is C12H14Cl2N4O. The summed E-state index contributed by atoms with van der Waals surface area (Å²) < 4.78 is 0. The largest absolute Gasteiger partial charge is 0.397 e. The van der Waals surface area contributed by atoms with Crippen molar-refractivity contribution in [3.05, 3.63) is 28.4 Å². The Labute approximate surface area is 121 Å². The summed E-state index contributed by atoms with van der Waals surface area (Å²) in [5, 5.41) is 2.41. The lowest BCUT2D eigenvalue weighted by Gasteiger charge is -2.23. The molecule has 1 aromatic carbocycles. The third kappa shape index (κ3) is 3.05. The zero-order chi connectivity index (χ0) is 14.0. The van der Waals surface area contributed by atoms with Crippen molar-refractivity contribution in [1.29, 1.82) is 0 Å². The maximum absolute atomic E-state index is 6.07. The van der Waals surface area contributed by atoms with Crippen LogP contribution in [0, 0.1) is 0 Å². The molecule has 0 spiro atoms. The van der Waals surface area contributed by atoms with E-state index in [1.807, 2.05) is 6.92 Å². The molecule has 102 valence electrons. The van der Waals surface area contributed by atoms with Crippen LogP contribution >= 0.6 is 23.2 Å². The normalized spacial score (nSPS) is 15.0. The van der Waals surface area contributed by atoms with E-state index in [0.29, 0.717) is 33.8 Å². The summed E-state index contributed by atoms with van der Waals surface area (Å²) in [6.45, 7) is 2.34. The van der Waals surface area contributed by atoms with E-state index in [1.54, 1.807) is 18.3 Å². The van der Waals surface area contributed by atoms with Gasteiger partial charge in [-0.1, -0.05) is 30.1 Å². The topological polar surface area (TPSA) is 76.9 Å². The average molecular weight is 301 g/mol. The van der Waals surface area contributed by atoms with Crippen LogP contribution in [0.1, 0.15) is 13.3 Å². The van der Waals surface area contributed by atoms with Gasteiger partial charge in [0.25, 0.3) is 0 Å². The molecule has 0 aromatic heterocycles. The number of hydrogen-bond acceptors (Lipinski definition) is 5. The van der Waals surface area contributed by atoms with Gasteiger partial charge in [0.2, 0.25) is 0 Å². The Morgan fingerprint density at radius 1 is 1.32 bits per heavy atom. The molecule has 19 heavy (non-hydrogen) atoms. The minimum Gasteiger partial charge on any atom is -0.397 e. The Kier molecular flexibility index (Phi) is 4.07. The molecule has 0 bridgehead atoms. The second-order valence-corrected chi connectivity index (χ2v) is 4.81. The maximum atomic E-state index is 6.07. The molecule has 2 rings (SSSR count). The van der Waals surface area contributed by atoms with E-state index < -0.39 is 0 Å². The molecule has 0 unspecified atom stereocenters. The Balaban J connectivity index is 2.16. The van der Waals surface area contributed by atoms with Crippen molar-refractivity contribution in [2.24, 2.45) is 4.99 Å². The monoisotopic (exact) mass is 300 g/mol. The summed E-state index contributed by atoms with van der Waals surface area (Å²) in [5.41, 5.74) is 13.0. The number of benzene rings is 1. The van der Waals surface area contributed by atoms with E-state index in [0.717, 1.165) is 12.1 Å². The molecular weight excluding hydrogens is 287 g/mol. The van der Waals surface area contributed by atoms with Gasteiger partial charge in [0, 0.05) is 6.07 Å². The van der Waals surface area contributed by atoms with Crippen LogP contribution in [0.25, 0.3) is 0 Å². The van der Waals surface area contributed by atoms with Crippen LogP contribution in [0.4, 0.5) is 11.4 Å². The van der Waals surface area contributed by atoms with Gasteiger partial charge in [-0.2, -0.15) is 5.06 Å². The van der Waals surface area contributed by atoms with Crippen LogP contribution in [0.15, 0.2) is 28.4 Å². The second-order valence-electron chi connectivity index (χ2n) is 4.00. The number of hydroxylamine groups is 2. The van der Waals surface area contributed by atoms with Crippen molar-refractivity contribution < 1.29 is 4.84 Å². The number of rotatable bonds is 3. The molecule has 0 saturated heterocycles. The first-order valence-electron chi connectivity index (χ1n) is 5.71. The standard InChI is InChI=1S/C12H14Cl2N4O/c1-2-11-8(14)5-18(6-17-11)19-12-4-10(16)9(15)3-7(12)13/h3-5H,2,6,15-16H2,1H3. The Hall–Kier alpha value is -1.59. The highest BCUT2D eigenvalue weighted by molar-refractivity contribution is 6.43. The van der Waals surface area contributed by atoms with E-state index in [-0.39, 0.29) is 0 Å². The second kappa shape index (κ2) is 5.59. The van der Waals surface area contributed by atoms with Gasteiger partial charge in [-0.15, -0.1) is 0 Å². The number of hydrogen-bond donors (Lipinski definition) is 2. The fourth-order valence-electron chi connectivity index (χ4n) is 1.59. The molecule has 0 atom stereocenters. The number of anilines is 2. The Bertz CT molecular complexity index is 557. The summed E-state index contributed by atoms with van der Waals surface area (Å²) in [4.78, 5) is 9.88. The van der Waals surface area contributed by atoms with Crippen molar-refractivity contribution in [2.45, 2.75) is 13.3 Å². The number of allylic oxidation sites excluding steroid dienone is 1. The highest BCUT2D eigenvalue weighted by Crippen LogP contribution is 2.32. The lowest BCUT2D eigenvalue weighted by atomic mass is 10.2. The van der Waals surface area contributed by atoms with Crippen LogP contribution in [0.2, 0.25) is 5.02 Å². The molecule has 5 nitrogen and oxygen atoms in total. The molecule has 1 aromatic rings. The van der Waals surface area contributed by atoms with Crippen LogP contribution in [0.3, 0.4) is 0 Å². The van der Waals surface area contributed by atoms with Crippen LogP contribution in [-0.4, -0.2) is 17.4 Å². The van der Waals surface area contributed by atoms with Crippen molar-refractivity contribution in [1.82, 2.24) is 5.06 Å². The number of nitrogens with two attached hydrogens (primary N) is 2. The minimum absolute atomic E-state index is 0.347. The van der Waals surface area contributed by atoms with Gasteiger partial charge in [0.1, 0.15) is 6.67 Å². The van der Waals surface area contributed by atoms with Gasteiger partial charge in [0.15, 0.2) is 5.75 Å². The molecule has 0 fully saturated rings. The zero-order valence-corrected chi connectivity index (χ0v) is 11.9. The molecule has 1 aliphatic rings. The van der Waals surface area contributed by atoms with E-state index in [2.05, 4.69) is 4.99 Å². The van der Waals surface area contributed by atoms with Gasteiger partial charge in [-0.05, 0) is 12.5 Å². The fraction of sp³-hybridized carbons (Fsp3) is 0.250. The highest BCUT2D eigenvalue weighted by atomic mass is 35.5. The summed E-state index contributed by atoms with van der Waals surface area (Å²) in [6.07, 6.45) is 2.44. The van der Waals surface area contributed by atoms with Crippen LogP contribution in [-0.2, 0) is 0 Å². The van der Waals surface area contributed by atoms with Gasteiger partial charge >= 0.3 is 0 Å². The quantitative estimate of drug-likeness (QED) is 0.841. The fourth-order valence-corrected chi connectivity index (χ4v) is 2.10. The van der Waals surface area contributed by atoms with E-state index in [9.17, 15) is 0 Å². The summed E-state index contributed by atoms with van der Waals surface area (Å²) in [5.74, 6) is 0.407. The molecule has 7 heteroatoms. The molecule has 4 N–H and O–H groups in total. The molecule has 0 saturated carbocycles. The first-order valence-corrected chi connectivity index (χ1v) is 6.47. The van der Waals surface area contributed by atoms with Gasteiger partial charge in [0.05, 0.1) is 33.3 Å². The lowest BCUT2D eigenvalue weighted by molar-refractivity contribution is -0.00553.